The third-order valence-electron chi connectivity index (χ3n) is 3.09. The highest BCUT2D eigenvalue weighted by Crippen LogP contribution is 2.16. The maximum absolute atomic E-state index is 11.8. The number of carbonyl (C=O) groups is 2. The van der Waals surface area contributed by atoms with E-state index in [-0.39, 0.29) is 18.9 Å². The first-order valence-corrected chi connectivity index (χ1v) is 6.09. The third-order valence-corrected chi connectivity index (χ3v) is 3.09. The average molecular weight is 264 g/mol. The van der Waals surface area contributed by atoms with E-state index in [1.165, 1.54) is 5.56 Å². The number of benzene rings is 1. The van der Waals surface area contributed by atoms with Gasteiger partial charge in [-0.05, 0) is 23.3 Å². The molecule has 1 aliphatic rings. The number of amides is 1. The predicted molar refractivity (Wildman–Crippen MR) is 67.6 cm³/mol. The fourth-order valence-electron chi connectivity index (χ4n) is 1.98. The molecule has 1 aliphatic heterocycles. The molecule has 19 heavy (non-hydrogen) atoms. The molecule has 1 atom stereocenters. The molecule has 1 heterocycles. The van der Waals surface area contributed by atoms with E-state index in [1.54, 1.807) is 6.07 Å². The molecular weight excluding hydrogens is 248 g/mol. The number of carboxylic acids is 1. The second-order valence-electron chi connectivity index (χ2n) is 4.49. The van der Waals surface area contributed by atoms with Gasteiger partial charge in [0.25, 0.3) is 5.91 Å². The summed E-state index contributed by atoms with van der Waals surface area (Å²) < 4.78 is 0. The lowest BCUT2D eigenvalue weighted by atomic mass is 10.1. The normalized spacial score (nSPS) is 14.8. The van der Waals surface area contributed by atoms with Crippen molar-refractivity contribution in [1.82, 2.24) is 10.6 Å². The highest BCUT2D eigenvalue weighted by Gasteiger charge is 2.15. The zero-order chi connectivity index (χ0) is 13.8. The Hall–Kier alpha value is -1.92. The second-order valence-corrected chi connectivity index (χ2v) is 4.49. The van der Waals surface area contributed by atoms with Crippen molar-refractivity contribution in [3.05, 3.63) is 34.9 Å². The van der Waals surface area contributed by atoms with Crippen LogP contribution in [0.2, 0.25) is 0 Å². The zero-order valence-corrected chi connectivity index (χ0v) is 10.3. The Morgan fingerprint density at radius 1 is 1.32 bits per heavy atom. The number of aliphatic carboxylic acids is 1. The molecule has 0 bridgehead atoms. The topological polar surface area (TPSA) is 98.7 Å². The van der Waals surface area contributed by atoms with Crippen molar-refractivity contribution >= 4 is 11.9 Å². The van der Waals surface area contributed by atoms with Crippen LogP contribution >= 0.6 is 0 Å². The summed E-state index contributed by atoms with van der Waals surface area (Å²) in [6.07, 6.45) is -1.45. The Kier molecular flexibility index (Phi) is 4.13. The summed E-state index contributed by atoms with van der Waals surface area (Å²) in [7, 11) is 0. The SMILES string of the molecule is O=C(NCC[C@H](O)C(=O)O)c1ccc2c(c1)CNC2. The molecule has 6 nitrogen and oxygen atoms in total. The minimum atomic E-state index is -1.44. The van der Waals surface area contributed by atoms with E-state index in [9.17, 15) is 9.59 Å². The number of aliphatic hydroxyl groups excluding tert-OH is 1. The lowest BCUT2D eigenvalue weighted by Crippen LogP contribution is -2.30. The summed E-state index contributed by atoms with van der Waals surface area (Å²) >= 11 is 0. The predicted octanol–water partition coefficient (Wildman–Crippen LogP) is -0.145. The molecule has 0 saturated heterocycles. The van der Waals surface area contributed by atoms with Crippen LogP contribution in [0.4, 0.5) is 0 Å². The number of carboxylic acid groups (broad SMARTS) is 1. The molecule has 1 amide bonds. The Morgan fingerprint density at radius 2 is 2.05 bits per heavy atom. The maximum atomic E-state index is 11.8. The second kappa shape index (κ2) is 5.81. The Bertz CT molecular complexity index is 501. The molecule has 0 saturated carbocycles. The van der Waals surface area contributed by atoms with E-state index in [4.69, 9.17) is 10.2 Å². The number of hydrogen-bond acceptors (Lipinski definition) is 4. The number of hydrogen-bond donors (Lipinski definition) is 4. The van der Waals surface area contributed by atoms with Gasteiger partial charge in [-0.3, -0.25) is 4.79 Å². The van der Waals surface area contributed by atoms with Crippen LogP contribution in [0.15, 0.2) is 18.2 Å². The summed E-state index contributed by atoms with van der Waals surface area (Å²) in [6.45, 7) is 1.71. The number of nitrogens with one attached hydrogen (secondary N) is 2. The lowest BCUT2D eigenvalue weighted by molar-refractivity contribution is -0.146. The first kappa shape index (κ1) is 13.5. The van der Waals surface area contributed by atoms with Crippen molar-refractivity contribution < 1.29 is 19.8 Å². The van der Waals surface area contributed by atoms with Gasteiger partial charge in [0, 0.05) is 31.6 Å². The van der Waals surface area contributed by atoms with Crippen molar-refractivity contribution in [2.24, 2.45) is 0 Å². The highest BCUT2D eigenvalue weighted by molar-refractivity contribution is 5.94. The molecule has 2 rings (SSSR count). The smallest absolute Gasteiger partial charge is 0.332 e. The van der Waals surface area contributed by atoms with Crippen molar-refractivity contribution in [1.29, 1.82) is 0 Å². The summed E-state index contributed by atoms with van der Waals surface area (Å²) in [5.74, 6) is -1.54. The third kappa shape index (κ3) is 3.30. The molecule has 0 fully saturated rings. The van der Waals surface area contributed by atoms with Crippen molar-refractivity contribution in [2.75, 3.05) is 6.54 Å². The van der Waals surface area contributed by atoms with Crippen LogP contribution in [0, 0.1) is 0 Å². The summed E-state index contributed by atoms with van der Waals surface area (Å²) in [5, 5.41) is 23.4. The van der Waals surface area contributed by atoms with Gasteiger partial charge in [0.1, 0.15) is 0 Å². The molecule has 0 aliphatic carbocycles. The van der Waals surface area contributed by atoms with Gasteiger partial charge in [-0.15, -0.1) is 0 Å². The quantitative estimate of drug-likeness (QED) is 0.593. The van der Waals surface area contributed by atoms with E-state index in [0.29, 0.717) is 5.56 Å². The van der Waals surface area contributed by atoms with Crippen LogP contribution in [-0.4, -0.2) is 34.7 Å². The molecule has 0 radical (unpaired) electrons. The molecule has 6 heteroatoms. The van der Waals surface area contributed by atoms with Gasteiger partial charge < -0.3 is 20.8 Å². The summed E-state index contributed by atoms with van der Waals surface area (Å²) in [6, 6.07) is 5.49. The average Bonchev–Trinajstić information content (AvgIpc) is 2.85. The number of fused-ring (bicyclic) bond motifs is 1. The van der Waals surface area contributed by atoms with Crippen LogP contribution < -0.4 is 10.6 Å². The van der Waals surface area contributed by atoms with Crippen LogP contribution in [-0.2, 0) is 17.9 Å². The van der Waals surface area contributed by atoms with Gasteiger partial charge >= 0.3 is 5.97 Å². The molecule has 0 spiro atoms. The van der Waals surface area contributed by atoms with E-state index >= 15 is 0 Å². The van der Waals surface area contributed by atoms with Crippen molar-refractivity contribution in [2.45, 2.75) is 25.6 Å². The largest absolute Gasteiger partial charge is 0.479 e. The van der Waals surface area contributed by atoms with Gasteiger partial charge in [0.2, 0.25) is 0 Å². The minimum absolute atomic E-state index is 0.00638. The first-order chi connectivity index (χ1) is 9.08. The molecule has 0 unspecified atom stereocenters. The summed E-state index contributed by atoms with van der Waals surface area (Å²) in [4.78, 5) is 22.2. The monoisotopic (exact) mass is 264 g/mol. The lowest BCUT2D eigenvalue weighted by Gasteiger charge is -2.08. The van der Waals surface area contributed by atoms with E-state index in [2.05, 4.69) is 10.6 Å². The van der Waals surface area contributed by atoms with Gasteiger partial charge in [-0.25, -0.2) is 4.79 Å². The molecule has 1 aromatic carbocycles. The molecular formula is C13H16N2O4. The maximum Gasteiger partial charge on any atom is 0.332 e. The van der Waals surface area contributed by atoms with E-state index < -0.39 is 12.1 Å². The van der Waals surface area contributed by atoms with Gasteiger partial charge in [-0.2, -0.15) is 0 Å². The number of rotatable bonds is 5. The van der Waals surface area contributed by atoms with Gasteiger partial charge in [0.15, 0.2) is 6.10 Å². The molecule has 1 aromatic rings. The minimum Gasteiger partial charge on any atom is -0.479 e. The molecule has 0 aromatic heterocycles. The van der Waals surface area contributed by atoms with Crippen molar-refractivity contribution in [3.63, 3.8) is 0 Å². The Labute approximate surface area is 110 Å². The number of aliphatic hydroxyl groups is 1. The van der Waals surface area contributed by atoms with E-state index in [0.717, 1.165) is 18.7 Å². The molecule has 4 N–H and O–H groups in total. The highest BCUT2D eigenvalue weighted by atomic mass is 16.4. The standard InChI is InChI=1S/C13H16N2O4/c16-11(13(18)19)3-4-15-12(17)8-1-2-9-6-14-7-10(9)5-8/h1-2,5,11,14,16H,3-4,6-7H2,(H,15,17)(H,18,19)/t11-/m0/s1. The van der Waals surface area contributed by atoms with Gasteiger partial charge in [0.05, 0.1) is 0 Å². The number of carbonyl (C=O) groups excluding carboxylic acids is 1. The van der Waals surface area contributed by atoms with Crippen molar-refractivity contribution in [3.8, 4) is 0 Å². The van der Waals surface area contributed by atoms with Crippen LogP contribution in [0.5, 0.6) is 0 Å². The Morgan fingerprint density at radius 3 is 2.79 bits per heavy atom. The fourth-order valence-corrected chi connectivity index (χ4v) is 1.98. The van der Waals surface area contributed by atoms with Crippen LogP contribution in [0.25, 0.3) is 0 Å². The van der Waals surface area contributed by atoms with E-state index in [1.807, 2.05) is 12.1 Å². The van der Waals surface area contributed by atoms with Crippen LogP contribution in [0.3, 0.4) is 0 Å². The first-order valence-electron chi connectivity index (χ1n) is 6.09. The Balaban J connectivity index is 1.88. The summed E-state index contributed by atoms with van der Waals surface area (Å²) in [5.41, 5.74) is 2.85. The molecule has 102 valence electrons. The van der Waals surface area contributed by atoms with Crippen LogP contribution in [0.1, 0.15) is 27.9 Å². The fraction of sp³-hybridized carbons (Fsp3) is 0.385. The van der Waals surface area contributed by atoms with Gasteiger partial charge in [-0.1, -0.05) is 6.07 Å². The zero-order valence-electron chi connectivity index (χ0n) is 10.3.